The minimum Gasteiger partial charge on any atom is -0.475 e. The Bertz CT molecular complexity index is 814. The minimum atomic E-state index is -1.65. The molecule has 3 rings (SSSR count). The van der Waals surface area contributed by atoms with Crippen molar-refractivity contribution in [2.45, 2.75) is 6.42 Å². The molecule has 0 fully saturated rings. The maximum Gasteiger partial charge on any atom is 0.372 e. The summed E-state index contributed by atoms with van der Waals surface area (Å²) in [5.74, 6) is -3.79. The van der Waals surface area contributed by atoms with Crippen LogP contribution in [0.15, 0.2) is 29.6 Å². The van der Waals surface area contributed by atoms with E-state index in [4.69, 9.17) is 26.2 Å². The molecule has 0 amide bonds. The lowest BCUT2D eigenvalue weighted by Crippen LogP contribution is -2.31. The van der Waals surface area contributed by atoms with Crippen LogP contribution in [-0.2, 0) is 16.0 Å². The van der Waals surface area contributed by atoms with Crippen molar-refractivity contribution in [1.29, 1.82) is 0 Å². The number of ether oxygens (including phenoxy) is 2. The van der Waals surface area contributed by atoms with E-state index in [1.54, 1.807) is 23.6 Å². The first-order valence-electron chi connectivity index (χ1n) is 6.90. The lowest BCUT2D eigenvalue weighted by atomic mass is 9.90. The van der Waals surface area contributed by atoms with Gasteiger partial charge in [0, 0.05) is 11.1 Å². The molecule has 1 N–H and O–H groups in total. The largest absolute Gasteiger partial charge is 0.475 e. The highest BCUT2D eigenvalue weighted by atomic mass is 35.5. The number of carbonyl (C=O) groups excluding carboxylic acids is 2. The fraction of sp³-hybridized carbons (Fsp3) is 0.188. The molecule has 1 aromatic heterocycles. The average molecular weight is 367 g/mol. The Morgan fingerprint density at radius 3 is 2.58 bits per heavy atom. The van der Waals surface area contributed by atoms with E-state index >= 15 is 0 Å². The summed E-state index contributed by atoms with van der Waals surface area (Å²) in [6, 6.07) is 6.30. The molecule has 0 aliphatic carbocycles. The molecule has 0 spiro atoms. The Morgan fingerprint density at radius 1 is 1.25 bits per heavy atom. The molecule has 24 heavy (non-hydrogen) atoms. The second kappa shape index (κ2) is 6.62. The van der Waals surface area contributed by atoms with Crippen LogP contribution >= 0.6 is 22.9 Å². The number of ketones is 2. The summed E-state index contributed by atoms with van der Waals surface area (Å²) in [5.41, 5.74) is 0.449. The van der Waals surface area contributed by atoms with E-state index in [0.29, 0.717) is 21.9 Å². The predicted octanol–water partition coefficient (Wildman–Crippen LogP) is 2.83. The minimum absolute atomic E-state index is 0.0563. The molecule has 0 radical (unpaired) electrons. The molecule has 0 saturated heterocycles. The summed E-state index contributed by atoms with van der Waals surface area (Å²) in [6.07, 6.45) is -0.128. The quantitative estimate of drug-likeness (QED) is 0.480. The Balaban J connectivity index is 1.94. The molecule has 1 aromatic carbocycles. The Morgan fingerprint density at radius 2 is 1.96 bits per heavy atom. The molecule has 1 unspecified atom stereocenters. The monoisotopic (exact) mass is 366 g/mol. The van der Waals surface area contributed by atoms with Gasteiger partial charge in [-0.1, -0.05) is 17.7 Å². The predicted molar refractivity (Wildman–Crippen MR) is 86.1 cm³/mol. The number of rotatable bonds is 6. The van der Waals surface area contributed by atoms with E-state index < -0.39 is 23.5 Å². The van der Waals surface area contributed by atoms with Gasteiger partial charge in [-0.3, -0.25) is 9.59 Å². The van der Waals surface area contributed by atoms with Crippen LogP contribution < -0.4 is 9.47 Å². The molecule has 1 aliphatic heterocycles. The summed E-state index contributed by atoms with van der Waals surface area (Å²) in [7, 11) is 0. The van der Waals surface area contributed by atoms with Crippen molar-refractivity contribution in [3.63, 3.8) is 0 Å². The fourth-order valence-corrected chi connectivity index (χ4v) is 3.33. The number of halogens is 1. The van der Waals surface area contributed by atoms with Gasteiger partial charge in [0.2, 0.25) is 6.79 Å². The van der Waals surface area contributed by atoms with Gasteiger partial charge in [0.1, 0.15) is 0 Å². The van der Waals surface area contributed by atoms with Crippen LogP contribution in [0.2, 0.25) is 5.02 Å². The van der Waals surface area contributed by atoms with Crippen molar-refractivity contribution >= 4 is 40.5 Å². The van der Waals surface area contributed by atoms with Crippen LogP contribution in [0, 0.1) is 5.92 Å². The third kappa shape index (κ3) is 3.13. The lowest BCUT2D eigenvalue weighted by molar-refractivity contribution is -0.150. The third-order valence-corrected chi connectivity index (χ3v) is 4.81. The Hall–Kier alpha value is -2.38. The second-order valence-corrected chi connectivity index (χ2v) is 6.42. The molecule has 2 heterocycles. The van der Waals surface area contributed by atoms with Gasteiger partial charge in [-0.25, -0.2) is 4.79 Å². The summed E-state index contributed by atoms with van der Waals surface area (Å²) in [5, 5.41) is 11.0. The number of carbonyl (C=O) groups is 3. The highest BCUT2D eigenvalue weighted by molar-refractivity contribution is 7.12. The topological polar surface area (TPSA) is 89.9 Å². The molecule has 0 saturated carbocycles. The van der Waals surface area contributed by atoms with E-state index in [0.717, 1.165) is 11.3 Å². The van der Waals surface area contributed by atoms with Crippen LogP contribution in [0.4, 0.5) is 0 Å². The summed E-state index contributed by atoms with van der Waals surface area (Å²) >= 11 is 7.31. The standard InChI is InChI=1S/C16H11ClO6S/c17-10-6-12-11(22-7-23-12)5-8(10)4-9(15(19)16(20)21)14(18)13-2-1-3-24-13/h1-3,5-6,9H,4,7H2,(H,20,21). The first kappa shape index (κ1) is 16.5. The maximum absolute atomic E-state index is 12.5. The zero-order chi connectivity index (χ0) is 17.3. The first-order valence-corrected chi connectivity index (χ1v) is 8.16. The summed E-state index contributed by atoms with van der Waals surface area (Å²) in [6.45, 7) is 0.0563. The number of carboxylic acids is 1. The van der Waals surface area contributed by atoms with Gasteiger partial charge < -0.3 is 14.6 Å². The van der Waals surface area contributed by atoms with Gasteiger partial charge in [-0.2, -0.15) is 0 Å². The summed E-state index contributed by atoms with van der Waals surface area (Å²) < 4.78 is 10.4. The number of thiophene rings is 1. The first-order chi connectivity index (χ1) is 11.5. The van der Waals surface area contributed by atoms with Gasteiger partial charge >= 0.3 is 5.97 Å². The molecule has 0 bridgehead atoms. The third-order valence-electron chi connectivity index (χ3n) is 3.57. The molecule has 1 atom stereocenters. The molecule has 124 valence electrons. The van der Waals surface area contributed by atoms with Crippen molar-refractivity contribution in [3.8, 4) is 11.5 Å². The van der Waals surface area contributed by atoms with Gasteiger partial charge in [0.05, 0.1) is 10.8 Å². The van der Waals surface area contributed by atoms with E-state index in [1.807, 2.05) is 0 Å². The molecular weight excluding hydrogens is 356 g/mol. The van der Waals surface area contributed by atoms with Gasteiger partial charge in [-0.05, 0) is 29.5 Å². The molecular formula is C16H11ClO6S. The maximum atomic E-state index is 12.5. The zero-order valence-corrected chi connectivity index (χ0v) is 13.7. The number of benzene rings is 1. The number of Topliss-reactive ketones (excluding diaryl/α,β-unsaturated/α-hetero) is 2. The van der Waals surface area contributed by atoms with Crippen LogP contribution in [0.3, 0.4) is 0 Å². The van der Waals surface area contributed by atoms with Crippen molar-refractivity contribution in [2.75, 3.05) is 6.79 Å². The molecule has 6 nitrogen and oxygen atoms in total. The number of aliphatic carboxylic acids is 1. The van der Waals surface area contributed by atoms with E-state index in [9.17, 15) is 14.4 Å². The van der Waals surface area contributed by atoms with Crippen LogP contribution in [-0.4, -0.2) is 29.4 Å². The van der Waals surface area contributed by atoms with Crippen molar-refractivity contribution in [2.24, 2.45) is 5.92 Å². The van der Waals surface area contributed by atoms with E-state index in [-0.39, 0.29) is 18.2 Å². The lowest BCUT2D eigenvalue weighted by Gasteiger charge is -2.13. The summed E-state index contributed by atoms with van der Waals surface area (Å²) in [4.78, 5) is 36.0. The van der Waals surface area contributed by atoms with Crippen LogP contribution in [0.25, 0.3) is 0 Å². The smallest absolute Gasteiger partial charge is 0.372 e. The highest BCUT2D eigenvalue weighted by Gasteiger charge is 2.34. The second-order valence-electron chi connectivity index (χ2n) is 5.06. The van der Waals surface area contributed by atoms with E-state index in [1.165, 1.54) is 6.07 Å². The number of fused-ring (bicyclic) bond motifs is 1. The number of carboxylic acid groups (broad SMARTS) is 1. The van der Waals surface area contributed by atoms with Gasteiger partial charge in [0.25, 0.3) is 5.78 Å². The highest BCUT2D eigenvalue weighted by Crippen LogP contribution is 2.38. The molecule has 8 heteroatoms. The van der Waals surface area contributed by atoms with Crippen molar-refractivity contribution < 1.29 is 29.0 Å². The Labute approximate surface area is 145 Å². The van der Waals surface area contributed by atoms with Crippen molar-refractivity contribution in [1.82, 2.24) is 0 Å². The number of hydrogen-bond acceptors (Lipinski definition) is 6. The number of hydrogen-bond donors (Lipinski definition) is 1. The molecule has 1 aliphatic rings. The molecule has 2 aromatic rings. The zero-order valence-electron chi connectivity index (χ0n) is 12.2. The van der Waals surface area contributed by atoms with Gasteiger partial charge in [0.15, 0.2) is 17.3 Å². The van der Waals surface area contributed by atoms with Crippen LogP contribution in [0.5, 0.6) is 11.5 Å². The Kier molecular flexibility index (Phi) is 4.55. The van der Waals surface area contributed by atoms with Crippen molar-refractivity contribution in [3.05, 3.63) is 45.1 Å². The SMILES string of the molecule is O=C(O)C(=O)C(Cc1cc2c(cc1Cl)OCO2)C(=O)c1cccs1. The normalized spacial score (nSPS) is 13.5. The average Bonchev–Trinajstić information content (AvgIpc) is 3.22. The van der Waals surface area contributed by atoms with E-state index in [2.05, 4.69) is 0 Å². The van der Waals surface area contributed by atoms with Crippen LogP contribution in [0.1, 0.15) is 15.2 Å². The fourth-order valence-electron chi connectivity index (χ4n) is 2.38. The van der Waals surface area contributed by atoms with Gasteiger partial charge in [-0.15, -0.1) is 11.3 Å².